The lowest BCUT2D eigenvalue weighted by molar-refractivity contribution is 0.0937. The number of aromatic amines is 1. The van der Waals surface area contributed by atoms with Gasteiger partial charge < -0.3 is 20.5 Å². The summed E-state index contributed by atoms with van der Waals surface area (Å²) in [6.07, 6.45) is 2.67. The molecule has 10 nitrogen and oxygen atoms in total. The normalized spacial score (nSPS) is 16.1. The molecule has 0 unspecified atom stereocenters. The minimum absolute atomic E-state index is 0.0106. The summed E-state index contributed by atoms with van der Waals surface area (Å²) in [7, 11) is 0. The van der Waals surface area contributed by atoms with Crippen LogP contribution in [0.2, 0.25) is 0 Å². The van der Waals surface area contributed by atoms with Crippen LogP contribution in [0.1, 0.15) is 49.3 Å². The van der Waals surface area contributed by atoms with E-state index in [1.165, 1.54) is 6.07 Å². The first kappa shape index (κ1) is 22.9. The van der Waals surface area contributed by atoms with Crippen molar-refractivity contribution in [2.45, 2.75) is 45.2 Å². The van der Waals surface area contributed by atoms with Gasteiger partial charge in [-0.25, -0.2) is 9.37 Å². The number of hydrogen-bond acceptors (Lipinski definition) is 8. The van der Waals surface area contributed by atoms with E-state index >= 15 is 4.39 Å². The first-order chi connectivity index (χ1) is 16.8. The Bertz CT molecular complexity index is 1370. The summed E-state index contributed by atoms with van der Waals surface area (Å²) >= 11 is 0. The summed E-state index contributed by atoms with van der Waals surface area (Å²) in [6.45, 7) is 7.53. The first-order valence-corrected chi connectivity index (χ1v) is 11.5. The summed E-state index contributed by atoms with van der Waals surface area (Å²) in [4.78, 5) is 20.9. The van der Waals surface area contributed by atoms with E-state index < -0.39 is 11.7 Å². The van der Waals surface area contributed by atoms with Gasteiger partial charge in [0, 0.05) is 36.3 Å². The van der Waals surface area contributed by atoms with E-state index in [9.17, 15) is 4.79 Å². The molecule has 182 valence electrons. The molecule has 1 aromatic carbocycles. The van der Waals surface area contributed by atoms with Gasteiger partial charge in [-0.15, -0.1) is 0 Å². The minimum atomic E-state index is -0.529. The topological polar surface area (TPSA) is 134 Å². The van der Waals surface area contributed by atoms with Crippen LogP contribution in [0.5, 0.6) is 0 Å². The lowest BCUT2D eigenvalue weighted by Crippen LogP contribution is -2.24. The molecule has 3 aromatic heterocycles. The number of pyridine rings is 1. The molecule has 1 saturated heterocycles. The molecular formula is C24H27FN8O2. The van der Waals surface area contributed by atoms with Gasteiger partial charge in [0.1, 0.15) is 5.82 Å². The molecular weight excluding hydrogens is 451 g/mol. The minimum Gasteiger partial charge on any atom is -0.364 e. The zero-order valence-electron chi connectivity index (χ0n) is 19.8. The third-order valence-electron chi connectivity index (χ3n) is 5.94. The number of carbonyl (C=O) groups excluding carboxylic acids is 1. The van der Waals surface area contributed by atoms with E-state index in [4.69, 9.17) is 4.52 Å². The largest absolute Gasteiger partial charge is 0.364 e. The van der Waals surface area contributed by atoms with Crippen molar-refractivity contribution in [2.24, 2.45) is 0 Å². The number of benzene rings is 1. The fourth-order valence-corrected chi connectivity index (χ4v) is 4.00. The number of carbonyl (C=O) groups is 1. The van der Waals surface area contributed by atoms with Crippen molar-refractivity contribution >= 4 is 22.8 Å². The van der Waals surface area contributed by atoms with Crippen molar-refractivity contribution in [2.75, 3.05) is 18.4 Å². The predicted octanol–water partition coefficient (Wildman–Crippen LogP) is 3.15. The Morgan fingerprint density at radius 2 is 2.14 bits per heavy atom. The van der Waals surface area contributed by atoms with Gasteiger partial charge in [-0.2, -0.15) is 10.1 Å². The predicted molar refractivity (Wildman–Crippen MR) is 128 cm³/mol. The number of amides is 1. The Labute approximate surface area is 201 Å². The van der Waals surface area contributed by atoms with E-state index in [2.05, 4.69) is 41.3 Å². The standard InChI is InChI=1S/C24H27FN8O2/c1-24(2,3)23-30-21(33-35-23)22(34)28-11-14-5-4-13(10-17(14)25)16-7-9-27-19-18(16)20(32-31-19)29-15-6-8-26-12-15/h4-5,7,9-10,15,26H,6,8,11-12H2,1-3H3,(H,28,34)(H2,27,29,31,32)/t15-/m0/s1. The van der Waals surface area contributed by atoms with E-state index in [-0.39, 0.29) is 23.8 Å². The van der Waals surface area contributed by atoms with Crippen LogP contribution in [0.25, 0.3) is 22.2 Å². The molecule has 1 fully saturated rings. The molecule has 0 aliphatic carbocycles. The molecule has 4 heterocycles. The Balaban J connectivity index is 1.34. The van der Waals surface area contributed by atoms with Crippen LogP contribution >= 0.6 is 0 Å². The van der Waals surface area contributed by atoms with Gasteiger partial charge in [0.2, 0.25) is 5.89 Å². The number of fused-ring (bicyclic) bond motifs is 1. The highest BCUT2D eigenvalue weighted by molar-refractivity contribution is 6.00. The first-order valence-electron chi connectivity index (χ1n) is 11.5. The number of nitrogens with zero attached hydrogens (tertiary/aromatic N) is 4. The zero-order valence-corrected chi connectivity index (χ0v) is 19.8. The highest BCUT2D eigenvalue weighted by Gasteiger charge is 2.24. The second-order valence-corrected chi connectivity index (χ2v) is 9.65. The quantitative estimate of drug-likeness (QED) is 0.332. The summed E-state index contributed by atoms with van der Waals surface area (Å²) in [5, 5.41) is 21.3. The van der Waals surface area contributed by atoms with Crippen molar-refractivity contribution in [1.29, 1.82) is 0 Å². The third-order valence-corrected chi connectivity index (χ3v) is 5.94. The van der Waals surface area contributed by atoms with Gasteiger partial charge in [0.15, 0.2) is 11.5 Å². The van der Waals surface area contributed by atoms with Crippen LogP contribution in [0, 0.1) is 5.82 Å². The number of H-pyrrole nitrogens is 1. The van der Waals surface area contributed by atoms with E-state index in [1.807, 2.05) is 32.9 Å². The summed E-state index contributed by atoms with van der Waals surface area (Å²) in [5.74, 6) is 0.0133. The second-order valence-electron chi connectivity index (χ2n) is 9.65. The lowest BCUT2D eigenvalue weighted by Gasteiger charge is -2.12. The highest BCUT2D eigenvalue weighted by Crippen LogP contribution is 2.33. The van der Waals surface area contributed by atoms with Crippen LogP contribution in [-0.2, 0) is 12.0 Å². The van der Waals surface area contributed by atoms with E-state index in [1.54, 1.807) is 12.3 Å². The molecule has 0 saturated carbocycles. The number of nitrogens with one attached hydrogen (secondary N) is 4. The lowest BCUT2D eigenvalue weighted by atomic mass is 9.97. The molecule has 11 heteroatoms. The van der Waals surface area contributed by atoms with Gasteiger partial charge in [0.25, 0.3) is 11.7 Å². The van der Waals surface area contributed by atoms with Crippen molar-refractivity contribution in [3.63, 3.8) is 0 Å². The fraction of sp³-hybridized carbons (Fsp3) is 0.375. The van der Waals surface area contributed by atoms with Crippen molar-refractivity contribution < 1.29 is 13.7 Å². The van der Waals surface area contributed by atoms with Gasteiger partial charge in [-0.1, -0.05) is 38.1 Å². The summed E-state index contributed by atoms with van der Waals surface area (Å²) in [5.41, 5.74) is 2.10. The number of anilines is 1. The summed E-state index contributed by atoms with van der Waals surface area (Å²) < 4.78 is 20.2. The monoisotopic (exact) mass is 478 g/mol. The van der Waals surface area contributed by atoms with Gasteiger partial charge in [-0.3, -0.25) is 9.89 Å². The van der Waals surface area contributed by atoms with Crippen molar-refractivity contribution in [3.05, 3.63) is 53.6 Å². The molecule has 0 bridgehead atoms. The smallest absolute Gasteiger partial charge is 0.292 e. The molecule has 4 aromatic rings. The van der Waals surface area contributed by atoms with Crippen LogP contribution in [0.3, 0.4) is 0 Å². The number of aromatic nitrogens is 5. The average molecular weight is 479 g/mol. The number of halogens is 1. The van der Waals surface area contributed by atoms with Crippen LogP contribution in [-0.4, -0.2) is 50.4 Å². The molecule has 1 aliphatic heterocycles. The van der Waals surface area contributed by atoms with Crippen LogP contribution in [0.15, 0.2) is 35.0 Å². The maximum absolute atomic E-state index is 15.0. The zero-order chi connectivity index (χ0) is 24.6. The Kier molecular flexibility index (Phi) is 5.93. The molecule has 0 spiro atoms. The SMILES string of the molecule is CC(C)(C)c1nc(C(=O)NCc2ccc(-c3ccnc4[nH]nc(N[C@H]5CCNC5)c34)cc2F)no1. The molecule has 5 rings (SSSR count). The molecule has 1 aliphatic rings. The van der Waals surface area contributed by atoms with Gasteiger partial charge in [0.05, 0.1) is 5.39 Å². The molecule has 4 N–H and O–H groups in total. The van der Waals surface area contributed by atoms with Crippen molar-refractivity contribution in [1.82, 2.24) is 36.0 Å². The third kappa shape index (κ3) is 4.72. The van der Waals surface area contributed by atoms with Gasteiger partial charge >= 0.3 is 0 Å². The molecule has 1 amide bonds. The number of rotatable bonds is 6. The molecule has 35 heavy (non-hydrogen) atoms. The van der Waals surface area contributed by atoms with Gasteiger partial charge in [-0.05, 0) is 36.2 Å². The number of hydrogen-bond donors (Lipinski definition) is 4. The van der Waals surface area contributed by atoms with Crippen LogP contribution in [0.4, 0.5) is 10.2 Å². The Morgan fingerprint density at radius 1 is 1.29 bits per heavy atom. The second kappa shape index (κ2) is 9.06. The van der Waals surface area contributed by atoms with Crippen LogP contribution < -0.4 is 16.0 Å². The molecule has 1 atom stereocenters. The maximum atomic E-state index is 15.0. The van der Waals surface area contributed by atoms with E-state index in [0.717, 1.165) is 30.5 Å². The van der Waals surface area contributed by atoms with Crippen molar-refractivity contribution in [3.8, 4) is 11.1 Å². The fourth-order valence-electron chi connectivity index (χ4n) is 4.00. The average Bonchev–Trinajstić information content (AvgIpc) is 3.59. The highest BCUT2D eigenvalue weighted by atomic mass is 19.1. The maximum Gasteiger partial charge on any atom is 0.292 e. The van der Waals surface area contributed by atoms with E-state index in [0.29, 0.717) is 28.5 Å². The molecule has 0 radical (unpaired) electrons. The Morgan fingerprint density at radius 3 is 2.86 bits per heavy atom. The Hall–Kier alpha value is -3.86. The summed E-state index contributed by atoms with van der Waals surface area (Å²) in [6, 6.07) is 7.04.